The smallest absolute Gasteiger partial charge is 0.0505 e. The van der Waals surface area contributed by atoms with Crippen LogP contribution in [0.15, 0.2) is 30.3 Å². The number of aliphatic hydroxyl groups excluding tert-OH is 1. The monoisotopic (exact) mass is 174 g/mol. The van der Waals surface area contributed by atoms with E-state index in [9.17, 15) is 5.11 Å². The van der Waals surface area contributed by atoms with Crippen molar-refractivity contribution in [3.05, 3.63) is 41.5 Å². The molecule has 1 aromatic carbocycles. The van der Waals surface area contributed by atoms with Gasteiger partial charge in [-0.15, -0.1) is 0 Å². The van der Waals surface area contributed by atoms with Crippen LogP contribution in [0.5, 0.6) is 0 Å². The fourth-order valence-corrected chi connectivity index (χ4v) is 1.94. The van der Waals surface area contributed by atoms with E-state index >= 15 is 0 Å². The van der Waals surface area contributed by atoms with Crippen molar-refractivity contribution in [2.45, 2.75) is 12.8 Å². The number of fused-ring (bicyclic) bond motifs is 1. The predicted molar refractivity (Wildman–Crippen MR) is 54.5 cm³/mol. The molecule has 0 bridgehead atoms. The summed E-state index contributed by atoms with van der Waals surface area (Å²) >= 11 is 0. The van der Waals surface area contributed by atoms with E-state index in [1.165, 1.54) is 11.1 Å². The SMILES string of the molecule is C[C@H]1C=Cc2ccccc2[C@@H]1CO. The van der Waals surface area contributed by atoms with Gasteiger partial charge in [0.15, 0.2) is 0 Å². The average molecular weight is 174 g/mol. The molecule has 0 heterocycles. The summed E-state index contributed by atoms with van der Waals surface area (Å²) in [4.78, 5) is 0. The van der Waals surface area contributed by atoms with E-state index in [1.807, 2.05) is 12.1 Å². The molecule has 0 amide bonds. The molecule has 0 fully saturated rings. The largest absolute Gasteiger partial charge is 0.396 e. The van der Waals surface area contributed by atoms with E-state index in [1.54, 1.807) is 0 Å². The Labute approximate surface area is 78.7 Å². The Morgan fingerprint density at radius 1 is 1.31 bits per heavy atom. The molecule has 2 rings (SSSR count). The lowest BCUT2D eigenvalue weighted by atomic mass is 9.81. The van der Waals surface area contributed by atoms with Crippen molar-refractivity contribution in [2.75, 3.05) is 6.61 Å². The minimum Gasteiger partial charge on any atom is -0.396 e. The third-order valence-corrected chi connectivity index (χ3v) is 2.81. The molecule has 1 aromatic rings. The molecule has 0 aromatic heterocycles. The second-order valence-corrected chi connectivity index (χ2v) is 3.64. The van der Waals surface area contributed by atoms with Gasteiger partial charge in [0.2, 0.25) is 0 Å². The highest BCUT2D eigenvalue weighted by Gasteiger charge is 2.21. The average Bonchev–Trinajstić information content (AvgIpc) is 2.18. The van der Waals surface area contributed by atoms with Gasteiger partial charge in [-0.05, 0) is 17.0 Å². The molecule has 1 heteroatoms. The molecule has 0 saturated heterocycles. The van der Waals surface area contributed by atoms with Gasteiger partial charge in [0, 0.05) is 5.92 Å². The van der Waals surface area contributed by atoms with Crippen LogP contribution >= 0.6 is 0 Å². The minimum atomic E-state index is 0.239. The van der Waals surface area contributed by atoms with E-state index < -0.39 is 0 Å². The zero-order valence-electron chi connectivity index (χ0n) is 7.77. The Kier molecular flexibility index (Phi) is 2.19. The number of allylic oxidation sites excluding steroid dienone is 1. The van der Waals surface area contributed by atoms with Gasteiger partial charge in [-0.25, -0.2) is 0 Å². The molecular weight excluding hydrogens is 160 g/mol. The molecule has 2 atom stereocenters. The summed E-state index contributed by atoms with van der Waals surface area (Å²) in [6, 6.07) is 8.28. The second-order valence-electron chi connectivity index (χ2n) is 3.64. The van der Waals surface area contributed by atoms with E-state index in [0.29, 0.717) is 5.92 Å². The molecule has 1 aliphatic carbocycles. The van der Waals surface area contributed by atoms with E-state index in [4.69, 9.17) is 0 Å². The summed E-state index contributed by atoms with van der Waals surface area (Å²) < 4.78 is 0. The summed E-state index contributed by atoms with van der Waals surface area (Å²) in [6.45, 7) is 2.38. The maximum absolute atomic E-state index is 9.27. The van der Waals surface area contributed by atoms with Gasteiger partial charge in [0.25, 0.3) is 0 Å². The van der Waals surface area contributed by atoms with E-state index in [2.05, 4.69) is 31.2 Å². The number of benzene rings is 1. The summed E-state index contributed by atoms with van der Waals surface area (Å²) in [7, 11) is 0. The lowest BCUT2D eigenvalue weighted by Crippen LogP contribution is -2.16. The molecule has 0 spiro atoms. The Morgan fingerprint density at radius 3 is 2.85 bits per heavy atom. The van der Waals surface area contributed by atoms with Gasteiger partial charge in [-0.2, -0.15) is 0 Å². The van der Waals surface area contributed by atoms with Crippen molar-refractivity contribution in [1.29, 1.82) is 0 Å². The minimum absolute atomic E-state index is 0.239. The Morgan fingerprint density at radius 2 is 2.08 bits per heavy atom. The first-order valence-corrected chi connectivity index (χ1v) is 4.71. The first kappa shape index (κ1) is 8.52. The summed E-state index contributed by atoms with van der Waals surface area (Å²) in [5.41, 5.74) is 2.53. The first-order chi connectivity index (χ1) is 6.33. The molecule has 68 valence electrons. The second kappa shape index (κ2) is 3.35. The fraction of sp³-hybridized carbons (Fsp3) is 0.333. The number of hydrogen-bond donors (Lipinski definition) is 1. The van der Waals surface area contributed by atoms with Crippen LogP contribution in [0.4, 0.5) is 0 Å². The molecule has 1 aliphatic rings. The standard InChI is InChI=1S/C12H14O/c1-9-6-7-10-4-2-3-5-11(10)12(9)8-13/h2-7,9,12-13H,8H2,1H3/t9-,12+/m0/s1. The van der Waals surface area contributed by atoms with Crippen molar-refractivity contribution >= 4 is 6.08 Å². The van der Waals surface area contributed by atoms with Gasteiger partial charge in [0.05, 0.1) is 6.61 Å². The molecule has 1 N–H and O–H groups in total. The van der Waals surface area contributed by atoms with Crippen molar-refractivity contribution in [3.63, 3.8) is 0 Å². The third-order valence-electron chi connectivity index (χ3n) is 2.81. The highest BCUT2D eigenvalue weighted by molar-refractivity contribution is 5.58. The molecule has 13 heavy (non-hydrogen) atoms. The normalized spacial score (nSPS) is 25.7. The van der Waals surface area contributed by atoms with Crippen LogP contribution in [0.3, 0.4) is 0 Å². The lowest BCUT2D eigenvalue weighted by Gasteiger charge is -2.25. The zero-order chi connectivity index (χ0) is 9.26. The van der Waals surface area contributed by atoms with Gasteiger partial charge < -0.3 is 5.11 Å². The lowest BCUT2D eigenvalue weighted by molar-refractivity contribution is 0.244. The van der Waals surface area contributed by atoms with Crippen molar-refractivity contribution in [2.24, 2.45) is 5.92 Å². The fourth-order valence-electron chi connectivity index (χ4n) is 1.94. The summed E-state index contributed by atoms with van der Waals surface area (Å²) in [5.74, 6) is 0.723. The summed E-state index contributed by atoms with van der Waals surface area (Å²) in [5, 5.41) is 9.27. The van der Waals surface area contributed by atoms with Crippen molar-refractivity contribution in [1.82, 2.24) is 0 Å². The molecule has 0 radical (unpaired) electrons. The predicted octanol–water partition coefficient (Wildman–Crippen LogP) is 2.43. The van der Waals surface area contributed by atoms with Crippen LogP contribution in [-0.2, 0) is 0 Å². The Balaban J connectivity index is 2.47. The summed E-state index contributed by atoms with van der Waals surface area (Å²) in [6.07, 6.45) is 4.31. The van der Waals surface area contributed by atoms with Crippen molar-refractivity contribution < 1.29 is 5.11 Å². The van der Waals surface area contributed by atoms with Crippen LogP contribution in [0, 0.1) is 5.92 Å². The topological polar surface area (TPSA) is 20.2 Å². The zero-order valence-corrected chi connectivity index (χ0v) is 7.77. The molecule has 0 aliphatic heterocycles. The van der Waals surface area contributed by atoms with Crippen LogP contribution < -0.4 is 0 Å². The highest BCUT2D eigenvalue weighted by atomic mass is 16.3. The Hall–Kier alpha value is -1.08. The van der Waals surface area contributed by atoms with Gasteiger partial charge >= 0.3 is 0 Å². The van der Waals surface area contributed by atoms with Gasteiger partial charge in [-0.1, -0.05) is 43.3 Å². The molecular formula is C12H14O. The van der Waals surface area contributed by atoms with E-state index in [0.717, 1.165) is 0 Å². The van der Waals surface area contributed by atoms with Crippen LogP contribution in [0.25, 0.3) is 6.08 Å². The van der Waals surface area contributed by atoms with Gasteiger partial charge in [-0.3, -0.25) is 0 Å². The van der Waals surface area contributed by atoms with Crippen LogP contribution in [0.2, 0.25) is 0 Å². The molecule has 0 saturated carbocycles. The van der Waals surface area contributed by atoms with Gasteiger partial charge in [0.1, 0.15) is 0 Å². The number of aliphatic hydroxyl groups is 1. The molecule has 1 nitrogen and oxygen atoms in total. The third kappa shape index (κ3) is 1.40. The van der Waals surface area contributed by atoms with Crippen molar-refractivity contribution in [3.8, 4) is 0 Å². The maximum atomic E-state index is 9.27. The number of hydrogen-bond acceptors (Lipinski definition) is 1. The molecule has 0 unspecified atom stereocenters. The quantitative estimate of drug-likeness (QED) is 0.693. The van der Waals surface area contributed by atoms with Crippen LogP contribution in [-0.4, -0.2) is 11.7 Å². The first-order valence-electron chi connectivity index (χ1n) is 4.71. The Bertz CT molecular complexity index is 328. The van der Waals surface area contributed by atoms with Crippen LogP contribution in [0.1, 0.15) is 24.0 Å². The number of rotatable bonds is 1. The van der Waals surface area contributed by atoms with E-state index in [-0.39, 0.29) is 12.5 Å². The maximum Gasteiger partial charge on any atom is 0.0505 e. The highest BCUT2D eigenvalue weighted by Crippen LogP contribution is 2.32.